The van der Waals surface area contributed by atoms with Crippen molar-refractivity contribution in [2.24, 2.45) is 0 Å². The molecule has 1 aliphatic rings. The number of alkyl halides is 3. The quantitative estimate of drug-likeness (QED) is 0.687. The maximum absolute atomic E-state index is 12.8. The van der Waals surface area contributed by atoms with Crippen LogP contribution in [0.25, 0.3) is 17.2 Å². The Labute approximate surface area is 157 Å². The van der Waals surface area contributed by atoms with Gasteiger partial charge >= 0.3 is 6.18 Å². The maximum Gasteiger partial charge on any atom is 0.453 e. The first kappa shape index (κ1) is 18.6. The van der Waals surface area contributed by atoms with Gasteiger partial charge in [0.05, 0.1) is 16.3 Å². The summed E-state index contributed by atoms with van der Waals surface area (Å²) in [6.07, 6.45) is -1.48. The van der Waals surface area contributed by atoms with Gasteiger partial charge in [-0.05, 0) is 31.0 Å². The number of pyridine rings is 1. The monoisotopic (exact) mass is 412 g/mol. The zero-order chi connectivity index (χ0) is 20.1. The van der Waals surface area contributed by atoms with Crippen molar-refractivity contribution in [3.63, 3.8) is 0 Å². The van der Waals surface area contributed by atoms with Crippen LogP contribution in [0.15, 0.2) is 29.3 Å². The Hall–Kier alpha value is -2.76. The van der Waals surface area contributed by atoms with Crippen molar-refractivity contribution in [2.45, 2.75) is 36.9 Å². The summed E-state index contributed by atoms with van der Waals surface area (Å²) in [7, 11) is -3.63. The van der Waals surface area contributed by atoms with Crippen molar-refractivity contribution >= 4 is 21.4 Å². The molecule has 4 rings (SSSR count). The van der Waals surface area contributed by atoms with Gasteiger partial charge in [-0.1, -0.05) is 6.92 Å². The summed E-state index contributed by atoms with van der Waals surface area (Å²) in [6, 6.07) is 4.65. The standard InChI is InChI=1S/C16H15F3N6O2S/c1-2-28(26,27)11-5-6-12(20-9-3-4-9)22-13(11)10-7-8-25-15(21-10)23-14(24-25)16(17,18)19/h5-9H,2-4H2,1H3,(H,20,22). The second kappa shape index (κ2) is 6.40. The fraction of sp³-hybridized carbons (Fsp3) is 0.375. The number of fused-ring (bicyclic) bond motifs is 1. The molecule has 12 heteroatoms. The molecule has 1 fully saturated rings. The van der Waals surface area contributed by atoms with E-state index < -0.39 is 21.8 Å². The predicted octanol–water partition coefficient (Wildman–Crippen LogP) is 2.57. The maximum atomic E-state index is 12.8. The van der Waals surface area contributed by atoms with Crippen molar-refractivity contribution in [1.29, 1.82) is 0 Å². The van der Waals surface area contributed by atoms with Gasteiger partial charge in [-0.3, -0.25) is 0 Å². The van der Waals surface area contributed by atoms with Crippen LogP contribution < -0.4 is 5.32 Å². The molecule has 0 radical (unpaired) electrons. The van der Waals surface area contributed by atoms with E-state index >= 15 is 0 Å². The third kappa shape index (κ3) is 3.51. The van der Waals surface area contributed by atoms with E-state index in [0.717, 1.165) is 17.4 Å². The van der Waals surface area contributed by atoms with Crippen LogP contribution in [0.4, 0.5) is 19.0 Å². The molecule has 0 atom stereocenters. The van der Waals surface area contributed by atoms with E-state index in [1.165, 1.54) is 25.3 Å². The van der Waals surface area contributed by atoms with Crippen molar-refractivity contribution in [3.8, 4) is 11.4 Å². The molecule has 3 aromatic rings. The highest BCUT2D eigenvalue weighted by Gasteiger charge is 2.36. The summed E-state index contributed by atoms with van der Waals surface area (Å²) < 4.78 is 64.3. The molecule has 1 aliphatic carbocycles. The number of anilines is 1. The van der Waals surface area contributed by atoms with Gasteiger partial charge in [0, 0.05) is 12.2 Å². The number of rotatable bonds is 5. The molecule has 0 bridgehead atoms. The molecule has 0 unspecified atom stereocenters. The lowest BCUT2D eigenvalue weighted by atomic mass is 10.2. The normalized spacial score (nSPS) is 15.1. The van der Waals surface area contributed by atoms with Crippen LogP contribution in [0, 0.1) is 0 Å². The van der Waals surface area contributed by atoms with Crippen molar-refractivity contribution in [3.05, 3.63) is 30.2 Å². The van der Waals surface area contributed by atoms with E-state index in [9.17, 15) is 21.6 Å². The lowest BCUT2D eigenvalue weighted by Gasteiger charge is -2.11. The Morgan fingerprint density at radius 1 is 1.18 bits per heavy atom. The third-order valence-corrected chi connectivity index (χ3v) is 5.97. The molecule has 0 spiro atoms. The van der Waals surface area contributed by atoms with Crippen LogP contribution in [0.1, 0.15) is 25.6 Å². The number of sulfone groups is 1. The first-order chi connectivity index (χ1) is 13.2. The lowest BCUT2D eigenvalue weighted by Crippen LogP contribution is -2.10. The molecule has 3 heterocycles. The first-order valence-electron chi connectivity index (χ1n) is 8.49. The van der Waals surface area contributed by atoms with E-state index in [1.807, 2.05) is 0 Å². The highest BCUT2D eigenvalue weighted by atomic mass is 32.2. The second-order valence-electron chi connectivity index (χ2n) is 6.36. The van der Waals surface area contributed by atoms with Crippen molar-refractivity contribution < 1.29 is 21.6 Å². The molecule has 1 saturated carbocycles. The second-order valence-corrected chi connectivity index (χ2v) is 8.60. The Morgan fingerprint density at radius 3 is 2.57 bits per heavy atom. The first-order valence-corrected chi connectivity index (χ1v) is 10.1. The summed E-state index contributed by atoms with van der Waals surface area (Å²) in [5, 5.41) is 6.51. The zero-order valence-electron chi connectivity index (χ0n) is 14.6. The molecule has 1 N–H and O–H groups in total. The lowest BCUT2D eigenvalue weighted by molar-refractivity contribution is -0.144. The molecule has 28 heavy (non-hydrogen) atoms. The summed E-state index contributed by atoms with van der Waals surface area (Å²) in [4.78, 5) is 11.8. The minimum atomic E-state index is -4.71. The largest absolute Gasteiger partial charge is 0.453 e. The van der Waals surface area contributed by atoms with Crippen LogP contribution in [0.2, 0.25) is 0 Å². The Bertz CT molecular complexity index is 1150. The smallest absolute Gasteiger partial charge is 0.367 e. The average molecular weight is 412 g/mol. The predicted molar refractivity (Wildman–Crippen MR) is 93.4 cm³/mol. The van der Waals surface area contributed by atoms with Gasteiger partial charge < -0.3 is 5.32 Å². The van der Waals surface area contributed by atoms with Gasteiger partial charge in [-0.2, -0.15) is 18.2 Å². The molecule has 0 amide bonds. The van der Waals surface area contributed by atoms with Gasteiger partial charge in [-0.25, -0.2) is 22.9 Å². The number of aromatic nitrogens is 5. The zero-order valence-corrected chi connectivity index (χ0v) is 15.4. The molecule has 0 aromatic carbocycles. The summed E-state index contributed by atoms with van der Waals surface area (Å²) >= 11 is 0. The number of hydrogen-bond acceptors (Lipinski definition) is 7. The van der Waals surface area contributed by atoms with E-state index in [0.29, 0.717) is 5.82 Å². The fourth-order valence-corrected chi connectivity index (χ4v) is 3.61. The highest BCUT2D eigenvalue weighted by Crippen LogP contribution is 2.30. The van der Waals surface area contributed by atoms with Crippen LogP contribution in [0.5, 0.6) is 0 Å². The third-order valence-electron chi connectivity index (χ3n) is 4.21. The van der Waals surface area contributed by atoms with E-state index in [2.05, 4.69) is 25.4 Å². The van der Waals surface area contributed by atoms with E-state index in [4.69, 9.17) is 0 Å². The number of nitrogens with zero attached hydrogens (tertiary/aromatic N) is 5. The molecule has 3 aromatic heterocycles. The van der Waals surface area contributed by atoms with Gasteiger partial charge in [0.1, 0.15) is 11.5 Å². The summed E-state index contributed by atoms with van der Waals surface area (Å²) in [5.41, 5.74) is 0.159. The topological polar surface area (TPSA) is 102 Å². The van der Waals surface area contributed by atoms with Crippen molar-refractivity contribution in [2.75, 3.05) is 11.1 Å². The Balaban J connectivity index is 1.85. The summed E-state index contributed by atoms with van der Waals surface area (Å²) in [6.45, 7) is 1.50. The van der Waals surface area contributed by atoms with Gasteiger partial charge in [-0.15, -0.1) is 5.10 Å². The SMILES string of the molecule is CCS(=O)(=O)c1ccc(NC2CC2)nc1-c1ccn2nc(C(F)(F)F)nc2n1. The van der Waals surface area contributed by atoms with Gasteiger partial charge in [0.15, 0.2) is 9.84 Å². The van der Waals surface area contributed by atoms with Crippen LogP contribution in [-0.4, -0.2) is 44.8 Å². The van der Waals surface area contributed by atoms with E-state index in [1.54, 1.807) is 6.07 Å². The number of nitrogens with one attached hydrogen (secondary N) is 1. The Kier molecular flexibility index (Phi) is 4.25. The minimum Gasteiger partial charge on any atom is -0.367 e. The van der Waals surface area contributed by atoms with Crippen LogP contribution >= 0.6 is 0 Å². The van der Waals surface area contributed by atoms with Crippen LogP contribution in [0.3, 0.4) is 0 Å². The van der Waals surface area contributed by atoms with E-state index in [-0.39, 0.29) is 33.9 Å². The van der Waals surface area contributed by atoms with Gasteiger partial charge in [0.2, 0.25) is 0 Å². The molecular weight excluding hydrogens is 397 g/mol. The van der Waals surface area contributed by atoms with Crippen LogP contribution in [-0.2, 0) is 16.0 Å². The average Bonchev–Trinajstić information content (AvgIpc) is 3.34. The molecule has 0 saturated heterocycles. The van der Waals surface area contributed by atoms with Gasteiger partial charge in [0.25, 0.3) is 11.6 Å². The Morgan fingerprint density at radius 2 is 1.93 bits per heavy atom. The molecule has 148 valence electrons. The highest BCUT2D eigenvalue weighted by molar-refractivity contribution is 7.91. The molecular formula is C16H15F3N6O2S. The van der Waals surface area contributed by atoms with Crippen molar-refractivity contribution in [1.82, 2.24) is 24.6 Å². The molecule has 8 nitrogen and oxygen atoms in total. The minimum absolute atomic E-state index is 0.0382. The number of hydrogen-bond donors (Lipinski definition) is 1. The number of halogens is 3. The summed E-state index contributed by atoms with van der Waals surface area (Å²) in [5.74, 6) is -1.29. The molecule has 0 aliphatic heterocycles. The fourth-order valence-electron chi connectivity index (χ4n) is 2.58.